The molecule has 1 N–H and O–H groups in total. The number of carbonyl (C=O) groups is 2. The summed E-state index contributed by atoms with van der Waals surface area (Å²) in [4.78, 5) is 26.1. The van der Waals surface area contributed by atoms with E-state index < -0.39 is 5.97 Å². The molecule has 1 aliphatic heterocycles. The Morgan fingerprint density at radius 3 is 2.21 bits per heavy atom. The second-order valence-electron chi connectivity index (χ2n) is 6.65. The van der Waals surface area contributed by atoms with E-state index in [0.29, 0.717) is 26.9 Å². The standard InChI is InChI=1S/C23H15Cl2NO3/c1-13-4-2-7-20-21(13)17(12-16-18(24)5-3-6-19(16)25)22(27)26(20)15-10-8-14(9-11-15)23(28)29/h2-12H,1H3,(H,28,29). The Labute approximate surface area is 177 Å². The van der Waals surface area contributed by atoms with Crippen LogP contribution < -0.4 is 4.90 Å². The molecule has 4 nitrogen and oxygen atoms in total. The molecule has 6 heteroatoms. The number of hydrogen-bond acceptors (Lipinski definition) is 2. The number of carboxylic acid groups (broad SMARTS) is 1. The van der Waals surface area contributed by atoms with Gasteiger partial charge >= 0.3 is 5.97 Å². The minimum absolute atomic E-state index is 0.156. The van der Waals surface area contributed by atoms with Crippen molar-refractivity contribution >= 4 is 58.1 Å². The first-order chi connectivity index (χ1) is 13.9. The molecule has 0 aromatic heterocycles. The Hall–Kier alpha value is -3.08. The molecule has 0 spiro atoms. The fourth-order valence-electron chi connectivity index (χ4n) is 3.46. The van der Waals surface area contributed by atoms with E-state index in [4.69, 9.17) is 28.3 Å². The summed E-state index contributed by atoms with van der Waals surface area (Å²) in [5.74, 6) is -1.25. The predicted octanol–water partition coefficient (Wildman–Crippen LogP) is 6.22. The van der Waals surface area contributed by atoms with Crippen LogP contribution in [0.3, 0.4) is 0 Å². The van der Waals surface area contributed by atoms with Gasteiger partial charge < -0.3 is 5.11 Å². The van der Waals surface area contributed by atoms with E-state index in [1.807, 2.05) is 25.1 Å². The summed E-state index contributed by atoms with van der Waals surface area (Å²) in [5, 5.41) is 10.0. The van der Waals surface area contributed by atoms with E-state index in [1.54, 1.807) is 41.3 Å². The van der Waals surface area contributed by atoms with Crippen LogP contribution in [0.2, 0.25) is 10.0 Å². The number of fused-ring (bicyclic) bond motifs is 1. The molecule has 1 aliphatic rings. The van der Waals surface area contributed by atoms with Crippen molar-refractivity contribution in [2.45, 2.75) is 6.92 Å². The van der Waals surface area contributed by atoms with Gasteiger partial charge in [0.15, 0.2) is 0 Å². The van der Waals surface area contributed by atoms with Gasteiger partial charge in [-0.2, -0.15) is 0 Å². The average Bonchev–Trinajstić information content (AvgIpc) is 2.97. The highest BCUT2D eigenvalue weighted by Gasteiger charge is 2.34. The number of anilines is 2. The van der Waals surface area contributed by atoms with Gasteiger partial charge in [0.25, 0.3) is 5.91 Å². The summed E-state index contributed by atoms with van der Waals surface area (Å²) < 4.78 is 0. The smallest absolute Gasteiger partial charge is 0.335 e. The number of halogens is 2. The van der Waals surface area contributed by atoms with E-state index in [9.17, 15) is 9.59 Å². The van der Waals surface area contributed by atoms with Gasteiger partial charge in [0.05, 0.1) is 16.8 Å². The highest BCUT2D eigenvalue weighted by Crippen LogP contribution is 2.44. The molecule has 3 aromatic rings. The molecule has 1 amide bonds. The Morgan fingerprint density at radius 2 is 1.59 bits per heavy atom. The molecule has 0 unspecified atom stereocenters. The fourth-order valence-corrected chi connectivity index (χ4v) is 3.97. The molecule has 0 bridgehead atoms. The third kappa shape index (κ3) is 3.31. The molecule has 3 aromatic carbocycles. The largest absolute Gasteiger partial charge is 0.478 e. The summed E-state index contributed by atoms with van der Waals surface area (Å²) >= 11 is 12.6. The van der Waals surface area contributed by atoms with Gasteiger partial charge in [0.1, 0.15) is 0 Å². The van der Waals surface area contributed by atoms with Crippen LogP contribution in [0.5, 0.6) is 0 Å². The maximum atomic E-state index is 13.4. The average molecular weight is 424 g/mol. The van der Waals surface area contributed by atoms with E-state index in [-0.39, 0.29) is 11.5 Å². The Balaban J connectivity index is 1.89. The number of nitrogens with zero attached hydrogens (tertiary/aromatic N) is 1. The van der Waals surface area contributed by atoms with Crippen LogP contribution in [0.25, 0.3) is 11.6 Å². The number of amides is 1. The summed E-state index contributed by atoms with van der Waals surface area (Å²) in [7, 11) is 0. The van der Waals surface area contributed by atoms with E-state index in [1.165, 1.54) is 12.1 Å². The summed E-state index contributed by atoms with van der Waals surface area (Å²) in [6.07, 6.45) is 1.71. The van der Waals surface area contributed by atoms with Gasteiger partial charge in [-0.1, -0.05) is 41.4 Å². The molecule has 0 radical (unpaired) electrons. The lowest BCUT2D eigenvalue weighted by molar-refractivity contribution is -0.112. The summed E-state index contributed by atoms with van der Waals surface area (Å²) in [6, 6.07) is 17.1. The van der Waals surface area contributed by atoms with Crippen molar-refractivity contribution in [2.75, 3.05) is 4.90 Å². The van der Waals surface area contributed by atoms with Gasteiger partial charge in [0, 0.05) is 26.9 Å². The molecule has 0 aliphatic carbocycles. The first-order valence-electron chi connectivity index (χ1n) is 8.82. The number of rotatable bonds is 3. The highest BCUT2D eigenvalue weighted by molar-refractivity contribution is 6.41. The Kier molecular flexibility index (Phi) is 4.91. The van der Waals surface area contributed by atoms with Crippen molar-refractivity contribution in [3.05, 3.63) is 93.0 Å². The zero-order chi connectivity index (χ0) is 20.7. The van der Waals surface area contributed by atoms with E-state index >= 15 is 0 Å². The van der Waals surface area contributed by atoms with Crippen LogP contribution in [0, 0.1) is 6.92 Å². The summed E-state index contributed by atoms with van der Waals surface area (Å²) in [6.45, 7) is 1.94. The van der Waals surface area contributed by atoms with Crippen molar-refractivity contribution in [1.29, 1.82) is 0 Å². The highest BCUT2D eigenvalue weighted by atomic mass is 35.5. The normalized spacial score (nSPS) is 14.4. The minimum Gasteiger partial charge on any atom is -0.478 e. The zero-order valence-electron chi connectivity index (χ0n) is 15.3. The number of hydrogen-bond donors (Lipinski definition) is 1. The third-order valence-electron chi connectivity index (χ3n) is 4.86. The maximum Gasteiger partial charge on any atom is 0.335 e. The minimum atomic E-state index is -1.02. The molecule has 0 saturated carbocycles. The van der Waals surface area contributed by atoms with E-state index in [0.717, 1.165) is 16.8 Å². The van der Waals surface area contributed by atoms with Crippen LogP contribution >= 0.6 is 23.2 Å². The lowest BCUT2D eigenvalue weighted by atomic mass is 9.99. The monoisotopic (exact) mass is 423 g/mol. The lowest BCUT2D eigenvalue weighted by Gasteiger charge is -2.17. The van der Waals surface area contributed by atoms with Gasteiger partial charge in [0.2, 0.25) is 0 Å². The molecule has 1 heterocycles. The fraction of sp³-hybridized carbons (Fsp3) is 0.0435. The lowest BCUT2D eigenvalue weighted by Crippen LogP contribution is -2.20. The van der Waals surface area contributed by atoms with Crippen molar-refractivity contribution in [2.24, 2.45) is 0 Å². The molecule has 0 fully saturated rings. The van der Waals surface area contributed by atoms with Gasteiger partial charge in [-0.25, -0.2) is 4.79 Å². The van der Waals surface area contributed by atoms with Crippen LogP contribution in [-0.4, -0.2) is 17.0 Å². The second kappa shape index (κ2) is 7.39. The third-order valence-corrected chi connectivity index (χ3v) is 5.51. The summed E-state index contributed by atoms with van der Waals surface area (Å²) in [5.41, 5.74) is 4.27. The van der Waals surface area contributed by atoms with Crippen LogP contribution in [0.15, 0.2) is 60.7 Å². The molecule has 144 valence electrons. The molecular weight excluding hydrogens is 409 g/mol. The van der Waals surface area contributed by atoms with Crippen molar-refractivity contribution < 1.29 is 14.7 Å². The van der Waals surface area contributed by atoms with Gasteiger partial charge in [-0.3, -0.25) is 9.69 Å². The maximum absolute atomic E-state index is 13.4. The number of carbonyl (C=O) groups excluding carboxylic acids is 1. The first kappa shape index (κ1) is 19.2. The van der Waals surface area contributed by atoms with Crippen molar-refractivity contribution in [3.8, 4) is 0 Å². The SMILES string of the molecule is Cc1cccc2c1C(=Cc1c(Cl)cccc1Cl)C(=O)N2c1ccc(C(=O)O)cc1. The van der Waals surface area contributed by atoms with Crippen LogP contribution in [-0.2, 0) is 4.79 Å². The number of benzene rings is 3. The quantitative estimate of drug-likeness (QED) is 0.508. The van der Waals surface area contributed by atoms with Gasteiger partial charge in [-0.05, 0) is 61.0 Å². The number of carboxylic acids is 1. The first-order valence-corrected chi connectivity index (χ1v) is 9.57. The van der Waals surface area contributed by atoms with Crippen molar-refractivity contribution in [1.82, 2.24) is 0 Å². The van der Waals surface area contributed by atoms with Crippen LogP contribution in [0.4, 0.5) is 11.4 Å². The van der Waals surface area contributed by atoms with E-state index in [2.05, 4.69) is 0 Å². The number of aromatic carboxylic acids is 1. The van der Waals surface area contributed by atoms with Gasteiger partial charge in [-0.15, -0.1) is 0 Å². The topological polar surface area (TPSA) is 57.6 Å². The zero-order valence-corrected chi connectivity index (χ0v) is 16.8. The molecule has 29 heavy (non-hydrogen) atoms. The Bertz CT molecular complexity index is 1160. The predicted molar refractivity (Wildman–Crippen MR) is 116 cm³/mol. The molecule has 4 rings (SSSR count). The van der Waals surface area contributed by atoms with Crippen molar-refractivity contribution in [3.63, 3.8) is 0 Å². The molecular formula is C23H15Cl2NO3. The second-order valence-corrected chi connectivity index (χ2v) is 7.47. The Morgan fingerprint density at radius 1 is 0.966 bits per heavy atom. The molecule has 0 saturated heterocycles. The molecule has 0 atom stereocenters. The number of aryl methyl sites for hydroxylation is 1. The van der Waals surface area contributed by atoms with Crippen LogP contribution in [0.1, 0.15) is 27.0 Å².